The van der Waals surface area contributed by atoms with E-state index >= 15 is 8.78 Å². The lowest BCUT2D eigenvalue weighted by Crippen LogP contribution is -2.48. The van der Waals surface area contributed by atoms with Crippen LogP contribution in [-0.4, -0.2) is 7.12 Å². The third-order valence-electron chi connectivity index (χ3n) is 6.15. The third kappa shape index (κ3) is 3.93. The standard InChI is InChI=1S/C25H5BF14O2/c27-12-7-8(14(29)21(36)20(12)35)13(28)19(34)18(33)11(7)26(41-6-4-2-1-3-5-6)42-25(40)10-9(16(31)24(25)39)15(30)22(37)23(38)17(10)32/h1-5H. The minimum absolute atomic E-state index is 0.646. The summed E-state index contributed by atoms with van der Waals surface area (Å²) in [6, 6.07) is 5.36. The zero-order valence-electron chi connectivity index (χ0n) is 19.6. The third-order valence-corrected chi connectivity index (χ3v) is 6.15. The van der Waals surface area contributed by atoms with Gasteiger partial charge in [0.1, 0.15) is 5.75 Å². The molecule has 0 saturated heterocycles. The summed E-state index contributed by atoms with van der Waals surface area (Å²) in [4.78, 5) is 0. The number of fused-ring (bicyclic) bond motifs is 2. The van der Waals surface area contributed by atoms with Gasteiger partial charge < -0.3 is 9.31 Å². The van der Waals surface area contributed by atoms with Crippen LogP contribution >= 0.6 is 0 Å². The van der Waals surface area contributed by atoms with Gasteiger partial charge in [-0.05, 0) is 12.1 Å². The second-order valence-electron chi connectivity index (χ2n) is 8.47. The maximum Gasteiger partial charge on any atom is 0.569 e. The van der Waals surface area contributed by atoms with E-state index in [2.05, 4.69) is 4.65 Å². The van der Waals surface area contributed by atoms with Gasteiger partial charge in [-0.25, -0.2) is 57.1 Å². The van der Waals surface area contributed by atoms with Gasteiger partial charge in [-0.1, -0.05) is 18.2 Å². The Morgan fingerprint density at radius 1 is 0.524 bits per heavy atom. The topological polar surface area (TPSA) is 18.5 Å². The Kier molecular flexibility index (Phi) is 6.91. The summed E-state index contributed by atoms with van der Waals surface area (Å²) in [6.45, 7) is 0. The van der Waals surface area contributed by atoms with Crippen LogP contribution < -0.4 is 10.1 Å². The van der Waals surface area contributed by atoms with Crippen LogP contribution in [0.15, 0.2) is 36.2 Å². The molecular formula is C25H5BF14O2. The van der Waals surface area contributed by atoms with Crippen LogP contribution in [0.3, 0.4) is 0 Å². The van der Waals surface area contributed by atoms with Gasteiger partial charge in [0.05, 0.1) is 16.5 Å². The zero-order valence-corrected chi connectivity index (χ0v) is 19.6. The number of rotatable bonds is 5. The molecule has 0 radical (unpaired) electrons. The van der Waals surface area contributed by atoms with Crippen molar-refractivity contribution in [3.63, 3.8) is 0 Å². The lowest BCUT2D eigenvalue weighted by atomic mass is 9.74. The molecule has 1 unspecified atom stereocenters. The highest BCUT2D eigenvalue weighted by molar-refractivity contribution is 6.65. The summed E-state index contributed by atoms with van der Waals surface area (Å²) in [6.07, 6.45) is 0. The van der Waals surface area contributed by atoms with E-state index in [0.29, 0.717) is 0 Å². The Balaban J connectivity index is 1.86. The molecule has 42 heavy (non-hydrogen) atoms. The molecule has 0 aromatic heterocycles. The molecule has 1 atom stereocenters. The van der Waals surface area contributed by atoms with E-state index in [1.54, 1.807) is 0 Å². The van der Waals surface area contributed by atoms with Gasteiger partial charge in [-0.15, -0.1) is 0 Å². The first-order chi connectivity index (χ1) is 19.6. The average Bonchev–Trinajstić information content (AvgIpc) is 3.16. The van der Waals surface area contributed by atoms with Crippen molar-refractivity contribution in [1.29, 1.82) is 0 Å². The van der Waals surface area contributed by atoms with Crippen LogP contribution in [0.5, 0.6) is 5.75 Å². The Hall–Kier alpha value is -4.28. The molecule has 0 amide bonds. The summed E-state index contributed by atoms with van der Waals surface area (Å²) in [5, 5.41) is -4.20. The Bertz CT molecular complexity index is 1840. The van der Waals surface area contributed by atoms with Crippen LogP contribution in [0.2, 0.25) is 0 Å². The van der Waals surface area contributed by atoms with Crippen molar-refractivity contribution in [1.82, 2.24) is 0 Å². The molecule has 17 heteroatoms. The fraction of sp³-hybridized carbons (Fsp3) is 0.0400. The van der Waals surface area contributed by atoms with Crippen molar-refractivity contribution in [2.45, 2.75) is 5.85 Å². The first kappa shape index (κ1) is 29.2. The smallest absolute Gasteiger partial charge is 0.532 e. The van der Waals surface area contributed by atoms with Crippen LogP contribution in [0.4, 0.5) is 61.5 Å². The fourth-order valence-electron chi connectivity index (χ4n) is 4.27. The van der Waals surface area contributed by atoms with E-state index in [0.717, 1.165) is 24.3 Å². The second-order valence-corrected chi connectivity index (χ2v) is 8.47. The summed E-state index contributed by atoms with van der Waals surface area (Å²) in [5.41, 5.74) is -6.66. The zero-order chi connectivity index (χ0) is 31.0. The highest BCUT2D eigenvalue weighted by Crippen LogP contribution is 2.53. The maximum absolute atomic E-state index is 16.1. The lowest BCUT2D eigenvalue weighted by molar-refractivity contribution is -0.0619. The fourth-order valence-corrected chi connectivity index (χ4v) is 4.27. The molecule has 0 heterocycles. The normalized spacial score (nSPS) is 16.4. The molecule has 0 fully saturated rings. The molecule has 0 N–H and O–H groups in total. The largest absolute Gasteiger partial charge is 0.569 e. The number of alkyl halides is 1. The molecule has 218 valence electrons. The van der Waals surface area contributed by atoms with E-state index in [1.807, 2.05) is 0 Å². The number of halogens is 14. The summed E-state index contributed by atoms with van der Waals surface area (Å²) in [7, 11) is -3.38. The van der Waals surface area contributed by atoms with Gasteiger partial charge in [0.2, 0.25) is 5.83 Å². The maximum atomic E-state index is 16.1. The van der Waals surface area contributed by atoms with Crippen molar-refractivity contribution >= 4 is 29.2 Å². The van der Waals surface area contributed by atoms with Crippen LogP contribution in [0.25, 0.3) is 16.6 Å². The Morgan fingerprint density at radius 2 is 1.00 bits per heavy atom. The van der Waals surface area contributed by atoms with Crippen LogP contribution in [-0.2, 0) is 10.5 Å². The van der Waals surface area contributed by atoms with Gasteiger partial charge in [0.15, 0.2) is 69.8 Å². The Morgan fingerprint density at radius 3 is 1.57 bits per heavy atom. The van der Waals surface area contributed by atoms with E-state index in [4.69, 9.17) is 4.65 Å². The highest BCUT2D eigenvalue weighted by Gasteiger charge is 2.57. The van der Waals surface area contributed by atoms with E-state index in [1.165, 1.54) is 6.07 Å². The van der Waals surface area contributed by atoms with Crippen molar-refractivity contribution in [3.05, 3.63) is 111 Å². The lowest BCUT2D eigenvalue weighted by Gasteiger charge is -2.27. The monoisotopic (exact) mass is 614 g/mol. The van der Waals surface area contributed by atoms with Gasteiger partial charge >= 0.3 is 7.12 Å². The van der Waals surface area contributed by atoms with Gasteiger partial charge in [0, 0.05) is 10.8 Å². The molecule has 0 aliphatic heterocycles. The molecule has 2 nitrogen and oxygen atoms in total. The first-order valence-corrected chi connectivity index (χ1v) is 11.0. The van der Waals surface area contributed by atoms with Gasteiger partial charge in [0.25, 0.3) is 5.85 Å². The minimum atomic E-state index is -4.98. The molecule has 4 aromatic rings. The Labute approximate surface area is 223 Å². The number of hydrogen-bond acceptors (Lipinski definition) is 2. The highest BCUT2D eigenvalue weighted by atomic mass is 19.2. The summed E-state index contributed by atoms with van der Waals surface area (Å²) >= 11 is 0. The van der Waals surface area contributed by atoms with Crippen molar-refractivity contribution in [2.24, 2.45) is 0 Å². The molecule has 0 spiro atoms. The first-order valence-electron chi connectivity index (χ1n) is 11.0. The second kappa shape index (κ2) is 9.92. The average molecular weight is 614 g/mol. The predicted octanol–water partition coefficient (Wildman–Crippen LogP) is 7.60. The number of benzene rings is 4. The van der Waals surface area contributed by atoms with Crippen LogP contribution in [0, 0.1) is 64.0 Å². The summed E-state index contributed by atoms with van der Waals surface area (Å²) < 4.78 is 213. The summed E-state index contributed by atoms with van der Waals surface area (Å²) in [5.74, 6) is -41.2. The molecule has 1 aliphatic carbocycles. The quantitative estimate of drug-likeness (QED) is 0.0999. The predicted molar refractivity (Wildman–Crippen MR) is 115 cm³/mol. The van der Waals surface area contributed by atoms with Gasteiger partial charge in [-0.2, -0.15) is 4.39 Å². The molecular weight excluding hydrogens is 609 g/mol. The molecule has 1 aliphatic rings. The minimum Gasteiger partial charge on any atom is -0.532 e. The van der Waals surface area contributed by atoms with Gasteiger partial charge in [-0.3, -0.25) is 0 Å². The van der Waals surface area contributed by atoms with Crippen LogP contribution in [0.1, 0.15) is 11.1 Å². The molecule has 5 rings (SSSR count). The SMILES string of the molecule is FC1=C(F)C(F)(OB(Oc2ccccc2)c2c(F)c(F)c(F)c3c(F)c(F)c(F)c(F)c23)c2c(F)c(F)c(F)c(F)c21. The number of hydrogen-bond donors (Lipinski definition) is 0. The molecule has 0 bridgehead atoms. The van der Waals surface area contributed by atoms with E-state index < -0.39 is 122 Å². The van der Waals surface area contributed by atoms with E-state index in [-0.39, 0.29) is 0 Å². The number of para-hydroxylation sites is 1. The van der Waals surface area contributed by atoms with Crippen molar-refractivity contribution in [2.75, 3.05) is 0 Å². The van der Waals surface area contributed by atoms with E-state index in [9.17, 15) is 52.7 Å². The van der Waals surface area contributed by atoms with Crippen molar-refractivity contribution in [3.8, 4) is 5.75 Å². The molecule has 0 saturated carbocycles. The molecule has 4 aromatic carbocycles. The van der Waals surface area contributed by atoms with Crippen molar-refractivity contribution < 1.29 is 70.8 Å².